The second-order valence-corrected chi connectivity index (χ2v) is 13.3. The lowest BCUT2D eigenvalue weighted by Gasteiger charge is -2.67. The second kappa shape index (κ2) is 10.7. The molecule has 0 aromatic carbocycles. The summed E-state index contributed by atoms with van der Waals surface area (Å²) in [5.74, 6) is -6.73. The number of rotatable bonds is 5. The van der Waals surface area contributed by atoms with Crippen molar-refractivity contribution in [3.8, 4) is 0 Å². The summed E-state index contributed by atoms with van der Waals surface area (Å²) in [5.41, 5.74) is -4.52. The van der Waals surface area contributed by atoms with Gasteiger partial charge in [-0.2, -0.15) is 0 Å². The van der Waals surface area contributed by atoms with Gasteiger partial charge >= 0.3 is 17.9 Å². The largest absolute Gasteiger partial charge is 0.467 e. The standard InChI is InChI=1S/C29H38O16/c1-9-11-5-14-28-8-41-29(26(39)40-4,22(28)20(24(38)44-14)42-10(2)31)23(37)18(36)21(28)27(11,3)6-12(32)19(9)45-25-17(35)16(34)15(33)13(7-30)43-25/h11,13-18,20-23,25,30,33-37H,5-8H2,1-4H3/t11-,13+,14+,15+,16-,17+,18+,20+,21?,22?,23-,25-,27-,28+,29-/m0/s1. The SMILES string of the molecule is COC(=O)[C@@]12OC[C@]34C([C@@H](O)[C@@H]1O)[C@@]1(C)CC(=O)C(O[C@@H]5O[C@H](CO)[C@@H](O)[C@H](O)[C@H]5O)=C(C)[C@@H]1C[C@H]3OC(=O)[C@H](OC(C)=O)C42. The summed E-state index contributed by atoms with van der Waals surface area (Å²) >= 11 is 0. The third-order valence-corrected chi connectivity index (χ3v) is 11.2. The van der Waals surface area contributed by atoms with E-state index in [1.807, 2.05) is 0 Å². The molecule has 6 aliphatic rings. The minimum absolute atomic E-state index is 0.0477. The summed E-state index contributed by atoms with van der Waals surface area (Å²) < 4.78 is 33.6. The zero-order chi connectivity index (χ0) is 33.0. The van der Waals surface area contributed by atoms with Gasteiger partial charge in [-0.1, -0.05) is 6.92 Å². The first-order valence-electron chi connectivity index (χ1n) is 14.8. The third-order valence-electron chi connectivity index (χ3n) is 11.2. The Balaban J connectivity index is 1.45. The van der Waals surface area contributed by atoms with Crippen LogP contribution in [0.25, 0.3) is 0 Å². The van der Waals surface area contributed by atoms with Crippen LogP contribution in [-0.4, -0.2) is 135 Å². The molecule has 15 atom stereocenters. The van der Waals surface area contributed by atoms with Crippen LogP contribution < -0.4 is 0 Å². The molecule has 16 heteroatoms. The predicted octanol–water partition coefficient (Wildman–Crippen LogP) is -3.17. The molecule has 2 saturated carbocycles. The zero-order valence-electron chi connectivity index (χ0n) is 25.0. The molecule has 2 unspecified atom stereocenters. The number of hydrogen-bond acceptors (Lipinski definition) is 16. The van der Waals surface area contributed by atoms with Crippen molar-refractivity contribution in [3.63, 3.8) is 0 Å². The van der Waals surface area contributed by atoms with E-state index in [9.17, 15) is 49.8 Å². The van der Waals surface area contributed by atoms with Crippen molar-refractivity contribution in [1.82, 2.24) is 0 Å². The van der Waals surface area contributed by atoms with Crippen molar-refractivity contribution in [2.24, 2.45) is 28.6 Å². The Bertz CT molecular complexity index is 1330. The van der Waals surface area contributed by atoms with Gasteiger partial charge in [0.15, 0.2) is 11.5 Å². The van der Waals surface area contributed by atoms with E-state index in [4.69, 9.17) is 28.4 Å². The molecule has 5 fully saturated rings. The van der Waals surface area contributed by atoms with Crippen LogP contribution in [0.4, 0.5) is 0 Å². The molecule has 3 aliphatic heterocycles. The van der Waals surface area contributed by atoms with E-state index in [0.717, 1.165) is 14.0 Å². The minimum Gasteiger partial charge on any atom is -0.467 e. The molecule has 2 bridgehead atoms. The molecule has 6 rings (SSSR count). The van der Waals surface area contributed by atoms with Gasteiger partial charge < -0.3 is 59.1 Å². The Kier molecular flexibility index (Phi) is 7.64. The van der Waals surface area contributed by atoms with Crippen molar-refractivity contribution in [3.05, 3.63) is 11.3 Å². The highest BCUT2D eigenvalue weighted by atomic mass is 16.7. The number of Topliss-reactive ketones (excluding diaryl/α,β-unsaturated/α-hetero) is 1. The van der Waals surface area contributed by atoms with Gasteiger partial charge in [0.05, 0.1) is 32.3 Å². The van der Waals surface area contributed by atoms with Crippen LogP contribution >= 0.6 is 0 Å². The number of carbonyl (C=O) groups is 4. The van der Waals surface area contributed by atoms with Gasteiger partial charge in [0.2, 0.25) is 18.0 Å². The predicted molar refractivity (Wildman–Crippen MR) is 141 cm³/mol. The van der Waals surface area contributed by atoms with Gasteiger partial charge in [-0.3, -0.25) is 9.59 Å². The van der Waals surface area contributed by atoms with Gasteiger partial charge in [-0.25, -0.2) is 9.59 Å². The lowest BCUT2D eigenvalue weighted by Crippen LogP contribution is -2.79. The molecule has 3 heterocycles. The van der Waals surface area contributed by atoms with Gasteiger partial charge in [0, 0.05) is 24.7 Å². The number of allylic oxidation sites excluding steroid dienone is 2. The van der Waals surface area contributed by atoms with Crippen LogP contribution in [0.15, 0.2) is 11.3 Å². The van der Waals surface area contributed by atoms with Crippen LogP contribution in [0.5, 0.6) is 0 Å². The fourth-order valence-corrected chi connectivity index (χ4v) is 9.46. The third kappa shape index (κ3) is 4.06. The zero-order valence-corrected chi connectivity index (χ0v) is 25.0. The van der Waals surface area contributed by atoms with Crippen molar-refractivity contribution < 1.29 is 78.2 Å². The number of aliphatic hydroxyl groups is 6. The molecular formula is C29H38O16. The van der Waals surface area contributed by atoms with Crippen molar-refractivity contribution in [1.29, 1.82) is 0 Å². The minimum atomic E-state index is -2.29. The van der Waals surface area contributed by atoms with Gasteiger partial charge in [-0.05, 0) is 30.3 Å². The molecule has 45 heavy (non-hydrogen) atoms. The average molecular weight is 643 g/mol. The maximum absolute atomic E-state index is 13.8. The summed E-state index contributed by atoms with van der Waals surface area (Å²) in [6.45, 7) is 3.37. The number of hydrogen-bond donors (Lipinski definition) is 6. The molecule has 3 aliphatic carbocycles. The van der Waals surface area contributed by atoms with Crippen LogP contribution in [0.1, 0.15) is 33.6 Å². The number of methoxy groups -OCH3 is 1. The fraction of sp³-hybridized carbons (Fsp3) is 0.793. The molecule has 1 spiro atoms. The normalized spacial score (nSPS) is 50.3. The molecule has 16 nitrogen and oxygen atoms in total. The summed E-state index contributed by atoms with van der Waals surface area (Å²) in [6.07, 6.45) is -14.7. The number of ketones is 1. The topological polar surface area (TPSA) is 245 Å². The first-order chi connectivity index (χ1) is 21.1. The van der Waals surface area contributed by atoms with Crippen molar-refractivity contribution >= 4 is 23.7 Å². The Hall–Kier alpha value is -2.70. The van der Waals surface area contributed by atoms with E-state index in [-0.39, 0.29) is 25.2 Å². The van der Waals surface area contributed by atoms with Gasteiger partial charge in [0.25, 0.3) is 0 Å². The summed E-state index contributed by atoms with van der Waals surface area (Å²) in [6, 6.07) is 0. The van der Waals surface area contributed by atoms with Gasteiger partial charge in [-0.15, -0.1) is 0 Å². The first-order valence-corrected chi connectivity index (χ1v) is 14.8. The summed E-state index contributed by atoms with van der Waals surface area (Å²) in [7, 11) is 1.05. The Morgan fingerprint density at radius 2 is 1.71 bits per heavy atom. The molecule has 0 aromatic heterocycles. The quantitative estimate of drug-likeness (QED) is 0.128. The van der Waals surface area contributed by atoms with Gasteiger partial charge in [0.1, 0.15) is 36.6 Å². The first kappa shape index (κ1) is 32.2. The number of ether oxygens (including phenoxy) is 6. The van der Waals surface area contributed by atoms with Crippen molar-refractivity contribution in [2.45, 2.75) is 94.3 Å². The monoisotopic (exact) mass is 642 g/mol. The highest BCUT2D eigenvalue weighted by Crippen LogP contribution is 2.73. The van der Waals surface area contributed by atoms with E-state index < -0.39 is 120 Å². The highest BCUT2D eigenvalue weighted by Gasteiger charge is 2.85. The highest BCUT2D eigenvalue weighted by molar-refractivity contribution is 5.96. The molecule has 6 N–H and O–H groups in total. The molecule has 250 valence electrons. The van der Waals surface area contributed by atoms with E-state index in [2.05, 4.69) is 0 Å². The molecule has 0 radical (unpaired) electrons. The number of esters is 3. The molecular weight excluding hydrogens is 604 g/mol. The summed E-state index contributed by atoms with van der Waals surface area (Å²) in [5, 5.41) is 63.9. The van der Waals surface area contributed by atoms with E-state index in [0.29, 0.717) is 5.57 Å². The Morgan fingerprint density at radius 1 is 1.02 bits per heavy atom. The maximum Gasteiger partial charge on any atom is 0.348 e. The Morgan fingerprint density at radius 3 is 2.33 bits per heavy atom. The van der Waals surface area contributed by atoms with E-state index >= 15 is 0 Å². The average Bonchev–Trinajstić information content (AvgIpc) is 3.29. The molecule has 0 aromatic rings. The van der Waals surface area contributed by atoms with Crippen LogP contribution in [0, 0.1) is 28.6 Å². The van der Waals surface area contributed by atoms with Crippen LogP contribution in [-0.2, 0) is 47.6 Å². The lowest BCUT2D eigenvalue weighted by molar-refractivity contribution is -0.296. The van der Waals surface area contributed by atoms with E-state index in [1.54, 1.807) is 13.8 Å². The summed E-state index contributed by atoms with van der Waals surface area (Å²) in [4.78, 5) is 52.8. The molecule has 0 amide bonds. The Labute approximate surface area is 256 Å². The maximum atomic E-state index is 13.8. The smallest absolute Gasteiger partial charge is 0.348 e. The molecule has 3 saturated heterocycles. The van der Waals surface area contributed by atoms with Crippen molar-refractivity contribution in [2.75, 3.05) is 20.3 Å². The second-order valence-electron chi connectivity index (χ2n) is 13.3. The number of carbonyl (C=O) groups excluding carboxylic acids is 4. The number of fused-ring (bicyclic) bond motifs is 2. The lowest BCUT2D eigenvalue weighted by atomic mass is 9.38. The van der Waals surface area contributed by atoms with E-state index in [1.165, 1.54) is 0 Å². The van der Waals surface area contributed by atoms with Crippen LogP contribution in [0.3, 0.4) is 0 Å². The number of aliphatic hydroxyl groups excluding tert-OH is 6. The van der Waals surface area contributed by atoms with Crippen LogP contribution in [0.2, 0.25) is 0 Å². The fourth-order valence-electron chi connectivity index (χ4n) is 9.46.